The van der Waals surface area contributed by atoms with E-state index >= 15 is 0 Å². The number of hydrogen-bond donors (Lipinski definition) is 0. The van der Waals surface area contributed by atoms with Gasteiger partial charge in [-0.05, 0) is 18.8 Å². The van der Waals surface area contributed by atoms with Crippen LogP contribution in [0.4, 0.5) is 0 Å². The van der Waals surface area contributed by atoms with Gasteiger partial charge in [0.05, 0.1) is 6.33 Å². The van der Waals surface area contributed by atoms with Crippen molar-refractivity contribution >= 4 is 22.8 Å². The van der Waals surface area contributed by atoms with Crippen molar-refractivity contribution in [3.8, 4) is 0 Å². The molecule has 0 saturated heterocycles. The fraction of sp³-hybridized carbons (Fsp3) is 0.500. The predicted octanol–water partition coefficient (Wildman–Crippen LogP) is 2.28. The van der Waals surface area contributed by atoms with Crippen LogP contribution in [0.15, 0.2) is 12.7 Å². The van der Waals surface area contributed by atoms with Crippen LogP contribution in [0.2, 0.25) is 5.15 Å². The molecule has 0 aliphatic heterocycles. The number of nitrogens with zero attached hydrogens (tertiary/aromatic N) is 4. The number of fused-ring (bicyclic) bond motifs is 1. The summed E-state index contributed by atoms with van der Waals surface area (Å²) in [5.41, 5.74) is 1.56. The van der Waals surface area contributed by atoms with E-state index in [1.54, 1.807) is 0 Å². The summed E-state index contributed by atoms with van der Waals surface area (Å²) in [5.74, 6) is 0.788. The summed E-state index contributed by atoms with van der Waals surface area (Å²) in [6.45, 7) is 1.00. The molecule has 5 heteroatoms. The van der Waals surface area contributed by atoms with Crippen LogP contribution in [-0.2, 0) is 6.54 Å². The van der Waals surface area contributed by atoms with Crippen molar-refractivity contribution in [2.24, 2.45) is 5.92 Å². The lowest BCUT2D eigenvalue weighted by Crippen LogP contribution is -2.17. The summed E-state index contributed by atoms with van der Waals surface area (Å²) in [4.78, 5) is 12.4. The molecule has 0 bridgehead atoms. The van der Waals surface area contributed by atoms with Crippen molar-refractivity contribution in [2.75, 3.05) is 0 Å². The molecule has 3 rings (SSSR count). The minimum atomic E-state index is 0.437. The van der Waals surface area contributed by atoms with Gasteiger partial charge >= 0.3 is 0 Å². The molecule has 2 heterocycles. The maximum Gasteiger partial charge on any atom is 0.164 e. The lowest BCUT2D eigenvalue weighted by atomic mass is 9.85. The maximum absolute atomic E-state index is 5.93. The Morgan fingerprint density at radius 3 is 2.93 bits per heavy atom. The standard InChI is InChI=1S/C10H11ClN4/c11-9-8-10(13-5-12-9)15(6-14-8)4-7-2-1-3-7/h5-7H,1-4H2. The van der Waals surface area contributed by atoms with E-state index < -0.39 is 0 Å². The highest BCUT2D eigenvalue weighted by Gasteiger charge is 2.19. The zero-order chi connectivity index (χ0) is 10.3. The topological polar surface area (TPSA) is 43.6 Å². The van der Waals surface area contributed by atoms with Crippen molar-refractivity contribution in [3.63, 3.8) is 0 Å². The van der Waals surface area contributed by atoms with Crippen molar-refractivity contribution in [3.05, 3.63) is 17.8 Å². The zero-order valence-electron chi connectivity index (χ0n) is 8.23. The molecule has 2 aromatic rings. The molecule has 2 aromatic heterocycles. The molecule has 0 aromatic carbocycles. The summed E-state index contributed by atoms with van der Waals surface area (Å²) in [6.07, 6.45) is 7.29. The largest absolute Gasteiger partial charge is 0.315 e. The van der Waals surface area contributed by atoms with Crippen molar-refractivity contribution in [1.29, 1.82) is 0 Å². The first-order valence-electron chi connectivity index (χ1n) is 5.16. The van der Waals surface area contributed by atoms with Gasteiger partial charge in [0, 0.05) is 6.54 Å². The molecule has 15 heavy (non-hydrogen) atoms. The fourth-order valence-corrected chi connectivity index (χ4v) is 2.12. The Morgan fingerprint density at radius 1 is 1.33 bits per heavy atom. The van der Waals surface area contributed by atoms with E-state index in [0.29, 0.717) is 10.7 Å². The molecule has 0 spiro atoms. The minimum absolute atomic E-state index is 0.437. The van der Waals surface area contributed by atoms with Gasteiger partial charge in [0.2, 0.25) is 0 Å². The summed E-state index contributed by atoms with van der Waals surface area (Å²) in [6, 6.07) is 0. The van der Waals surface area contributed by atoms with Crippen LogP contribution in [0.3, 0.4) is 0 Å². The van der Waals surface area contributed by atoms with E-state index in [1.165, 1.54) is 25.6 Å². The van der Waals surface area contributed by atoms with Crippen molar-refractivity contribution < 1.29 is 0 Å². The molecule has 0 N–H and O–H groups in total. The van der Waals surface area contributed by atoms with Gasteiger partial charge in [0.15, 0.2) is 10.8 Å². The molecule has 0 amide bonds. The van der Waals surface area contributed by atoms with Crippen LogP contribution in [-0.4, -0.2) is 19.5 Å². The maximum atomic E-state index is 5.93. The van der Waals surface area contributed by atoms with Gasteiger partial charge in [-0.2, -0.15) is 0 Å². The van der Waals surface area contributed by atoms with Crippen LogP contribution < -0.4 is 0 Å². The van der Waals surface area contributed by atoms with Crippen LogP contribution in [0.5, 0.6) is 0 Å². The van der Waals surface area contributed by atoms with Crippen LogP contribution in [0, 0.1) is 5.92 Å². The average molecular weight is 223 g/mol. The first-order valence-corrected chi connectivity index (χ1v) is 5.54. The molecule has 4 nitrogen and oxygen atoms in total. The Kier molecular flexibility index (Phi) is 2.09. The van der Waals surface area contributed by atoms with E-state index in [9.17, 15) is 0 Å². The first kappa shape index (κ1) is 9.09. The van der Waals surface area contributed by atoms with Gasteiger partial charge in [-0.3, -0.25) is 0 Å². The minimum Gasteiger partial charge on any atom is -0.315 e. The molecule has 1 saturated carbocycles. The normalized spacial score (nSPS) is 16.9. The second-order valence-corrected chi connectivity index (χ2v) is 4.39. The Labute approximate surface area is 92.3 Å². The highest BCUT2D eigenvalue weighted by Crippen LogP contribution is 2.29. The number of hydrogen-bond acceptors (Lipinski definition) is 3. The monoisotopic (exact) mass is 222 g/mol. The van der Waals surface area contributed by atoms with Gasteiger partial charge in [-0.15, -0.1) is 0 Å². The Hall–Kier alpha value is -1.16. The molecular weight excluding hydrogens is 212 g/mol. The smallest absolute Gasteiger partial charge is 0.164 e. The SMILES string of the molecule is Clc1ncnc2c1ncn2CC1CCC1. The summed E-state index contributed by atoms with van der Waals surface area (Å²) >= 11 is 5.93. The van der Waals surface area contributed by atoms with Crippen molar-refractivity contribution in [2.45, 2.75) is 25.8 Å². The van der Waals surface area contributed by atoms with Crippen LogP contribution in [0.25, 0.3) is 11.2 Å². The number of aromatic nitrogens is 4. The van der Waals surface area contributed by atoms with Gasteiger partial charge in [-0.25, -0.2) is 15.0 Å². The highest BCUT2D eigenvalue weighted by molar-refractivity contribution is 6.33. The van der Waals surface area contributed by atoms with Gasteiger partial charge < -0.3 is 4.57 Å². The number of rotatable bonds is 2. The highest BCUT2D eigenvalue weighted by atomic mass is 35.5. The lowest BCUT2D eigenvalue weighted by Gasteiger charge is -2.25. The van der Waals surface area contributed by atoms with Gasteiger partial charge in [0.25, 0.3) is 0 Å². The Bertz CT molecular complexity index is 489. The average Bonchev–Trinajstić information content (AvgIpc) is 2.56. The number of imidazole rings is 1. The Balaban J connectivity index is 2.00. The van der Waals surface area contributed by atoms with Crippen LogP contribution in [0.1, 0.15) is 19.3 Å². The second kappa shape index (κ2) is 3.45. The van der Waals surface area contributed by atoms with E-state index in [2.05, 4.69) is 19.5 Å². The molecule has 0 radical (unpaired) electrons. The van der Waals surface area contributed by atoms with Crippen molar-refractivity contribution in [1.82, 2.24) is 19.5 Å². The third kappa shape index (κ3) is 1.49. The molecule has 1 aliphatic carbocycles. The molecule has 78 valence electrons. The van der Waals surface area contributed by atoms with E-state index in [4.69, 9.17) is 11.6 Å². The van der Waals surface area contributed by atoms with E-state index in [1.807, 2.05) is 6.33 Å². The summed E-state index contributed by atoms with van der Waals surface area (Å²) in [5, 5.41) is 0.437. The van der Waals surface area contributed by atoms with Crippen LogP contribution >= 0.6 is 11.6 Å². The third-order valence-corrected chi connectivity index (χ3v) is 3.31. The first-order chi connectivity index (χ1) is 7.34. The Morgan fingerprint density at radius 2 is 2.20 bits per heavy atom. The second-order valence-electron chi connectivity index (χ2n) is 4.03. The molecule has 0 unspecified atom stereocenters. The fourth-order valence-electron chi connectivity index (χ4n) is 1.94. The molecular formula is C10H11ClN4. The predicted molar refractivity (Wildman–Crippen MR) is 57.7 cm³/mol. The molecule has 1 fully saturated rings. The van der Waals surface area contributed by atoms with Gasteiger partial charge in [0.1, 0.15) is 11.8 Å². The molecule has 1 aliphatic rings. The summed E-state index contributed by atoms with van der Waals surface area (Å²) < 4.78 is 2.08. The summed E-state index contributed by atoms with van der Waals surface area (Å²) in [7, 11) is 0. The number of halogens is 1. The molecule has 0 atom stereocenters. The van der Waals surface area contributed by atoms with Gasteiger partial charge in [-0.1, -0.05) is 18.0 Å². The zero-order valence-corrected chi connectivity index (χ0v) is 8.98. The van der Waals surface area contributed by atoms with E-state index in [0.717, 1.165) is 18.1 Å². The quantitative estimate of drug-likeness (QED) is 0.733. The van der Waals surface area contributed by atoms with E-state index in [-0.39, 0.29) is 0 Å². The third-order valence-electron chi connectivity index (χ3n) is 3.04. The lowest BCUT2D eigenvalue weighted by molar-refractivity contribution is 0.279.